The number of aromatic nitrogens is 1. The van der Waals surface area contributed by atoms with Crippen LogP contribution in [0.1, 0.15) is 58.3 Å². The highest BCUT2D eigenvalue weighted by molar-refractivity contribution is 6.03. The first-order valence-electron chi connectivity index (χ1n) is 13.8. The quantitative estimate of drug-likeness (QED) is 0.157. The number of ketones is 1. The molecule has 44 heavy (non-hydrogen) atoms. The number of rotatable bonds is 10. The van der Waals surface area contributed by atoms with Gasteiger partial charge < -0.3 is 14.8 Å². The number of amides is 1. The summed E-state index contributed by atoms with van der Waals surface area (Å²) in [6, 6.07) is 23.6. The van der Waals surface area contributed by atoms with Gasteiger partial charge in [0.1, 0.15) is 11.4 Å². The molecule has 0 unspecified atom stereocenters. The summed E-state index contributed by atoms with van der Waals surface area (Å²) in [7, 11) is 0. The second kappa shape index (κ2) is 13.5. The molecule has 1 aromatic heterocycles. The summed E-state index contributed by atoms with van der Waals surface area (Å²) in [5, 5.41) is 2.54. The Morgan fingerprint density at radius 3 is 2.07 bits per heavy atom. The fourth-order valence-electron chi connectivity index (χ4n) is 4.29. The zero-order valence-corrected chi connectivity index (χ0v) is 24.4. The van der Waals surface area contributed by atoms with Crippen LogP contribution in [0.25, 0.3) is 11.1 Å². The third-order valence-electron chi connectivity index (χ3n) is 6.28. The van der Waals surface area contributed by atoms with Crippen LogP contribution in [0.3, 0.4) is 0 Å². The second-order valence-electron chi connectivity index (χ2n) is 11.0. The summed E-state index contributed by atoms with van der Waals surface area (Å²) >= 11 is 0. The minimum atomic E-state index is -5.05. The highest BCUT2D eigenvalue weighted by Crippen LogP contribution is 2.28. The standard InChI is InChI=1S/C34H31F3N2O5/c1-33(2,3)44-31(41)19-27-15-11-23(20-38-27)21-39-32(42)28-18-26(14-16-30(28)43-34(35,36)37)29(40)17-22-9-12-25(13-10-22)24-7-5-4-6-8-24/h4-16,18,20H,17,19,21H2,1-3H3,(H,39,42). The second-order valence-corrected chi connectivity index (χ2v) is 11.0. The number of benzene rings is 3. The number of hydrogen-bond acceptors (Lipinski definition) is 6. The van der Waals surface area contributed by atoms with E-state index in [0.717, 1.165) is 23.3 Å². The van der Waals surface area contributed by atoms with Crippen molar-refractivity contribution in [2.45, 2.75) is 52.1 Å². The Labute approximate surface area is 253 Å². The van der Waals surface area contributed by atoms with Crippen molar-refractivity contribution in [2.75, 3.05) is 0 Å². The fourth-order valence-corrected chi connectivity index (χ4v) is 4.29. The van der Waals surface area contributed by atoms with Gasteiger partial charge in [-0.2, -0.15) is 0 Å². The average molecular weight is 605 g/mol. The largest absolute Gasteiger partial charge is 0.573 e. The normalized spacial score (nSPS) is 11.5. The Morgan fingerprint density at radius 2 is 1.45 bits per heavy atom. The summed E-state index contributed by atoms with van der Waals surface area (Å²) in [6.07, 6.45) is -3.66. The molecule has 0 atom stereocenters. The van der Waals surface area contributed by atoms with E-state index in [2.05, 4.69) is 15.0 Å². The topological polar surface area (TPSA) is 94.6 Å². The lowest BCUT2D eigenvalue weighted by Gasteiger charge is -2.19. The summed E-state index contributed by atoms with van der Waals surface area (Å²) in [6.45, 7) is 5.19. The molecule has 1 amide bonds. The third-order valence-corrected chi connectivity index (χ3v) is 6.28. The number of carbonyl (C=O) groups is 3. The Hall–Kier alpha value is -4.99. The van der Waals surface area contributed by atoms with Gasteiger partial charge in [-0.1, -0.05) is 60.7 Å². The minimum Gasteiger partial charge on any atom is -0.460 e. The molecule has 0 spiro atoms. The highest BCUT2D eigenvalue weighted by atomic mass is 19.4. The third kappa shape index (κ3) is 9.52. The first-order chi connectivity index (χ1) is 20.8. The smallest absolute Gasteiger partial charge is 0.460 e. The van der Waals surface area contributed by atoms with E-state index in [1.165, 1.54) is 12.3 Å². The molecule has 0 aliphatic carbocycles. The first kappa shape index (κ1) is 31.9. The van der Waals surface area contributed by atoms with E-state index in [1.807, 2.05) is 54.6 Å². The predicted molar refractivity (Wildman–Crippen MR) is 158 cm³/mol. The predicted octanol–water partition coefficient (Wildman–Crippen LogP) is 6.89. The van der Waals surface area contributed by atoms with Crippen LogP contribution in [-0.4, -0.2) is 34.6 Å². The molecular formula is C34H31F3N2O5. The van der Waals surface area contributed by atoms with Gasteiger partial charge in [0, 0.05) is 24.7 Å². The molecule has 10 heteroatoms. The SMILES string of the molecule is CC(C)(C)OC(=O)Cc1ccc(CNC(=O)c2cc(C(=O)Cc3ccc(-c4ccccc4)cc3)ccc2OC(F)(F)F)cn1. The van der Waals surface area contributed by atoms with Gasteiger partial charge >= 0.3 is 12.3 Å². The first-order valence-corrected chi connectivity index (χ1v) is 13.8. The van der Waals surface area contributed by atoms with Crippen molar-refractivity contribution in [3.05, 3.63) is 119 Å². The van der Waals surface area contributed by atoms with Gasteiger partial charge in [-0.25, -0.2) is 0 Å². The number of hydrogen-bond donors (Lipinski definition) is 1. The van der Waals surface area contributed by atoms with Crippen molar-refractivity contribution >= 4 is 17.7 Å². The van der Waals surface area contributed by atoms with Crippen LogP contribution in [0.5, 0.6) is 5.75 Å². The van der Waals surface area contributed by atoms with Crippen molar-refractivity contribution in [1.82, 2.24) is 10.3 Å². The van der Waals surface area contributed by atoms with Gasteiger partial charge in [0.15, 0.2) is 5.78 Å². The Bertz CT molecular complexity index is 1610. The number of nitrogens with zero attached hydrogens (tertiary/aromatic N) is 1. The molecule has 228 valence electrons. The van der Waals surface area contributed by atoms with Crippen LogP contribution in [0.4, 0.5) is 13.2 Å². The molecule has 0 aliphatic rings. The Balaban J connectivity index is 1.45. The van der Waals surface area contributed by atoms with Crippen LogP contribution in [-0.2, 0) is 28.9 Å². The van der Waals surface area contributed by atoms with E-state index in [9.17, 15) is 27.6 Å². The maximum atomic E-state index is 13.1. The molecule has 1 N–H and O–H groups in total. The van der Waals surface area contributed by atoms with Crippen LogP contribution in [0.15, 0.2) is 91.1 Å². The number of Topliss-reactive ketones (excluding diaryl/α,β-unsaturated/α-hetero) is 1. The monoisotopic (exact) mass is 604 g/mol. The summed E-state index contributed by atoms with van der Waals surface area (Å²) in [5.41, 5.74) is 2.68. The van der Waals surface area contributed by atoms with Crippen LogP contribution < -0.4 is 10.1 Å². The molecule has 7 nitrogen and oxygen atoms in total. The number of alkyl halides is 3. The average Bonchev–Trinajstić information content (AvgIpc) is 2.96. The van der Waals surface area contributed by atoms with Gasteiger partial charge in [0.2, 0.25) is 0 Å². The van der Waals surface area contributed by atoms with Gasteiger partial charge in [-0.05, 0) is 67.3 Å². The molecule has 0 saturated heterocycles. The van der Waals surface area contributed by atoms with Crippen molar-refractivity contribution in [3.8, 4) is 16.9 Å². The maximum Gasteiger partial charge on any atom is 0.573 e. The number of halogens is 3. The molecule has 4 aromatic rings. The number of nitrogens with one attached hydrogen (secondary N) is 1. The Morgan fingerprint density at radius 1 is 0.795 bits per heavy atom. The van der Waals surface area contributed by atoms with E-state index < -0.39 is 35.2 Å². The lowest BCUT2D eigenvalue weighted by Crippen LogP contribution is -2.26. The zero-order chi connectivity index (χ0) is 31.9. The fraction of sp³-hybridized carbons (Fsp3) is 0.235. The molecule has 0 radical (unpaired) electrons. The van der Waals surface area contributed by atoms with Gasteiger partial charge in [-0.15, -0.1) is 13.2 Å². The van der Waals surface area contributed by atoms with Crippen molar-refractivity contribution in [2.24, 2.45) is 0 Å². The summed E-state index contributed by atoms with van der Waals surface area (Å²) in [5.74, 6) is -2.43. The van der Waals surface area contributed by atoms with E-state index in [-0.39, 0.29) is 30.7 Å². The van der Waals surface area contributed by atoms with Gasteiger partial charge in [0.25, 0.3) is 5.91 Å². The number of carbonyl (C=O) groups excluding carboxylic acids is 3. The van der Waals surface area contributed by atoms with Crippen molar-refractivity contribution < 1.29 is 37.0 Å². The number of esters is 1. The highest BCUT2D eigenvalue weighted by Gasteiger charge is 2.33. The molecule has 0 bridgehead atoms. The maximum absolute atomic E-state index is 13.1. The van der Waals surface area contributed by atoms with Crippen molar-refractivity contribution in [3.63, 3.8) is 0 Å². The molecule has 1 heterocycles. The van der Waals surface area contributed by atoms with Crippen LogP contribution >= 0.6 is 0 Å². The van der Waals surface area contributed by atoms with Crippen LogP contribution in [0, 0.1) is 0 Å². The van der Waals surface area contributed by atoms with Gasteiger partial charge in [0.05, 0.1) is 17.7 Å². The Kier molecular flexibility index (Phi) is 9.83. The van der Waals surface area contributed by atoms with E-state index >= 15 is 0 Å². The summed E-state index contributed by atoms with van der Waals surface area (Å²) in [4.78, 5) is 42.3. The lowest BCUT2D eigenvalue weighted by molar-refractivity contribution is -0.274. The lowest BCUT2D eigenvalue weighted by atomic mass is 9.98. The molecule has 4 rings (SSSR count). The van der Waals surface area contributed by atoms with E-state index in [4.69, 9.17) is 4.74 Å². The molecule has 0 fully saturated rings. The minimum absolute atomic E-state index is 0.0169. The van der Waals surface area contributed by atoms with E-state index in [1.54, 1.807) is 32.9 Å². The summed E-state index contributed by atoms with van der Waals surface area (Å²) < 4.78 is 48.6. The number of ether oxygens (including phenoxy) is 2. The van der Waals surface area contributed by atoms with Crippen molar-refractivity contribution in [1.29, 1.82) is 0 Å². The molecule has 0 aliphatic heterocycles. The number of pyridine rings is 1. The molecule has 0 saturated carbocycles. The zero-order valence-electron chi connectivity index (χ0n) is 24.4. The molecular weight excluding hydrogens is 573 g/mol. The molecule has 3 aromatic carbocycles. The van der Waals surface area contributed by atoms with E-state index in [0.29, 0.717) is 16.8 Å². The van der Waals surface area contributed by atoms with Crippen LogP contribution in [0.2, 0.25) is 0 Å². The van der Waals surface area contributed by atoms with Gasteiger partial charge in [-0.3, -0.25) is 19.4 Å².